The third-order valence-corrected chi connectivity index (χ3v) is 2.74. The van der Waals surface area contributed by atoms with Crippen molar-refractivity contribution in [1.82, 2.24) is 5.32 Å². The van der Waals surface area contributed by atoms with Crippen LogP contribution in [0.5, 0.6) is 0 Å². The van der Waals surface area contributed by atoms with Gasteiger partial charge in [-0.05, 0) is 25.1 Å². The van der Waals surface area contributed by atoms with Crippen LogP contribution in [0.25, 0.3) is 0 Å². The first-order valence-corrected chi connectivity index (χ1v) is 6.48. The zero-order valence-corrected chi connectivity index (χ0v) is 9.87. The van der Waals surface area contributed by atoms with E-state index in [-0.39, 0.29) is 11.5 Å². The Kier molecular flexibility index (Phi) is 4.67. The van der Waals surface area contributed by atoms with E-state index < -0.39 is 16.0 Å². The number of carboxylic acid groups (broad SMARTS) is 1. The lowest BCUT2D eigenvalue weighted by Crippen LogP contribution is -2.15. The summed E-state index contributed by atoms with van der Waals surface area (Å²) in [6.45, 7) is 0.840. The van der Waals surface area contributed by atoms with Gasteiger partial charge in [0.15, 0.2) is 0 Å². The molecule has 0 aliphatic carbocycles. The Bertz CT molecular complexity index is 479. The molecule has 1 heterocycles. The molecule has 1 rings (SSSR count). The van der Waals surface area contributed by atoms with E-state index in [0.29, 0.717) is 25.3 Å². The largest absolute Gasteiger partial charge is 0.481 e. The van der Waals surface area contributed by atoms with Gasteiger partial charge in [-0.2, -0.15) is 0 Å². The van der Waals surface area contributed by atoms with E-state index in [1.54, 1.807) is 0 Å². The summed E-state index contributed by atoms with van der Waals surface area (Å²) in [6, 6.07) is 2.79. The molecule has 4 N–H and O–H groups in total. The molecule has 0 spiro atoms. The summed E-state index contributed by atoms with van der Waals surface area (Å²) in [5.74, 6) is -0.411. The Morgan fingerprint density at radius 2 is 2.18 bits per heavy atom. The van der Waals surface area contributed by atoms with Crippen molar-refractivity contribution < 1.29 is 22.7 Å². The standard InChI is InChI=1S/C9H14N2O5S/c10-17(14,15)9-4-3-7(16-9)6-11-5-1-2-8(12)13/h3-4,11H,1-2,5-6H2,(H,12,13)(H2,10,14,15). The van der Waals surface area contributed by atoms with Crippen LogP contribution in [0, 0.1) is 0 Å². The van der Waals surface area contributed by atoms with Crippen LogP contribution in [0.2, 0.25) is 0 Å². The molecule has 1 aromatic heterocycles. The predicted molar refractivity (Wildman–Crippen MR) is 58.7 cm³/mol. The van der Waals surface area contributed by atoms with Crippen LogP contribution in [0.1, 0.15) is 18.6 Å². The van der Waals surface area contributed by atoms with Crippen LogP contribution in [-0.4, -0.2) is 26.0 Å². The molecule has 7 nitrogen and oxygen atoms in total. The van der Waals surface area contributed by atoms with Crippen molar-refractivity contribution in [3.05, 3.63) is 17.9 Å². The number of aliphatic carboxylic acids is 1. The Hall–Kier alpha value is -1.38. The summed E-state index contributed by atoms with van der Waals surface area (Å²) in [7, 11) is -3.80. The van der Waals surface area contributed by atoms with Gasteiger partial charge in [-0.15, -0.1) is 0 Å². The zero-order valence-electron chi connectivity index (χ0n) is 9.05. The van der Waals surface area contributed by atoms with Crippen LogP contribution in [0.3, 0.4) is 0 Å². The Labute approximate surface area is 98.7 Å². The fourth-order valence-electron chi connectivity index (χ4n) is 1.18. The molecule has 0 atom stereocenters. The van der Waals surface area contributed by atoms with Gasteiger partial charge in [0.05, 0.1) is 6.54 Å². The zero-order chi connectivity index (χ0) is 12.9. The molecule has 0 aromatic carbocycles. The predicted octanol–water partition coefficient (Wildman–Crippen LogP) is -0.119. The molecular weight excluding hydrogens is 248 g/mol. The average molecular weight is 262 g/mol. The first-order chi connectivity index (χ1) is 7.89. The second-order valence-corrected chi connectivity index (χ2v) is 4.93. The molecule has 0 saturated carbocycles. The molecule has 0 aliphatic heterocycles. The maximum Gasteiger partial charge on any atom is 0.303 e. The van der Waals surface area contributed by atoms with Crippen molar-refractivity contribution in [2.45, 2.75) is 24.5 Å². The van der Waals surface area contributed by atoms with Gasteiger partial charge in [0.2, 0.25) is 5.09 Å². The molecule has 8 heteroatoms. The van der Waals surface area contributed by atoms with Crippen LogP contribution >= 0.6 is 0 Å². The van der Waals surface area contributed by atoms with Gasteiger partial charge in [-0.25, -0.2) is 13.6 Å². The molecule has 0 aliphatic rings. The number of carboxylic acids is 1. The number of rotatable bonds is 7. The van der Waals surface area contributed by atoms with E-state index in [1.165, 1.54) is 12.1 Å². The molecule has 0 amide bonds. The molecule has 0 unspecified atom stereocenters. The second-order valence-electron chi connectivity index (χ2n) is 3.44. The van der Waals surface area contributed by atoms with Crippen LogP contribution in [0.15, 0.2) is 21.6 Å². The lowest BCUT2D eigenvalue weighted by Gasteiger charge is -2.00. The third kappa shape index (κ3) is 4.98. The van der Waals surface area contributed by atoms with Crippen molar-refractivity contribution in [2.24, 2.45) is 5.14 Å². The van der Waals surface area contributed by atoms with Gasteiger partial charge < -0.3 is 14.8 Å². The molecule has 17 heavy (non-hydrogen) atoms. The van der Waals surface area contributed by atoms with E-state index in [4.69, 9.17) is 14.7 Å². The minimum Gasteiger partial charge on any atom is -0.481 e. The van der Waals surface area contributed by atoms with Crippen LogP contribution in [-0.2, 0) is 21.4 Å². The third-order valence-electron chi connectivity index (χ3n) is 1.96. The molecule has 96 valence electrons. The number of nitrogens with two attached hydrogens (primary N) is 1. The molecule has 0 bridgehead atoms. The number of hydrogen-bond acceptors (Lipinski definition) is 5. The number of carbonyl (C=O) groups is 1. The minimum absolute atomic E-state index is 0.0909. The van der Waals surface area contributed by atoms with Crippen molar-refractivity contribution >= 4 is 16.0 Å². The van der Waals surface area contributed by atoms with Gasteiger partial charge in [0.1, 0.15) is 5.76 Å². The highest BCUT2D eigenvalue weighted by Gasteiger charge is 2.12. The summed E-state index contributed by atoms with van der Waals surface area (Å²) < 4.78 is 26.8. The van der Waals surface area contributed by atoms with Crippen molar-refractivity contribution in [1.29, 1.82) is 0 Å². The highest BCUT2D eigenvalue weighted by molar-refractivity contribution is 7.89. The lowest BCUT2D eigenvalue weighted by molar-refractivity contribution is -0.137. The summed E-state index contributed by atoms with van der Waals surface area (Å²) in [5.41, 5.74) is 0. The summed E-state index contributed by atoms with van der Waals surface area (Å²) in [5, 5.41) is 15.9. The topological polar surface area (TPSA) is 123 Å². The maximum atomic E-state index is 10.9. The average Bonchev–Trinajstić information content (AvgIpc) is 2.64. The Morgan fingerprint density at radius 1 is 1.47 bits per heavy atom. The monoisotopic (exact) mass is 262 g/mol. The van der Waals surface area contributed by atoms with Crippen LogP contribution in [0.4, 0.5) is 0 Å². The quantitative estimate of drug-likeness (QED) is 0.589. The highest BCUT2D eigenvalue weighted by Crippen LogP contribution is 2.11. The fourth-order valence-corrected chi connectivity index (χ4v) is 1.66. The van der Waals surface area contributed by atoms with E-state index in [2.05, 4.69) is 5.32 Å². The Morgan fingerprint density at radius 3 is 2.71 bits per heavy atom. The van der Waals surface area contributed by atoms with E-state index in [9.17, 15) is 13.2 Å². The molecule has 0 radical (unpaired) electrons. The van der Waals surface area contributed by atoms with Gasteiger partial charge in [-0.3, -0.25) is 4.79 Å². The van der Waals surface area contributed by atoms with Gasteiger partial charge >= 0.3 is 5.97 Å². The van der Waals surface area contributed by atoms with E-state index in [0.717, 1.165) is 0 Å². The maximum absolute atomic E-state index is 10.9. The first-order valence-electron chi connectivity index (χ1n) is 4.93. The molecule has 0 fully saturated rings. The smallest absolute Gasteiger partial charge is 0.303 e. The van der Waals surface area contributed by atoms with Crippen molar-refractivity contribution in [2.75, 3.05) is 6.54 Å². The number of nitrogens with one attached hydrogen (secondary N) is 1. The van der Waals surface area contributed by atoms with Crippen molar-refractivity contribution in [3.8, 4) is 0 Å². The summed E-state index contributed by atoms with van der Waals surface area (Å²) >= 11 is 0. The van der Waals surface area contributed by atoms with Gasteiger partial charge in [0, 0.05) is 6.42 Å². The molecule has 1 aromatic rings. The molecule has 0 saturated heterocycles. The SMILES string of the molecule is NS(=O)(=O)c1ccc(CNCCCC(=O)O)o1. The number of hydrogen-bond donors (Lipinski definition) is 3. The second kappa shape index (κ2) is 5.80. The Balaban J connectivity index is 2.33. The normalized spacial score (nSPS) is 11.6. The number of primary sulfonamides is 1. The van der Waals surface area contributed by atoms with Gasteiger partial charge in [0.25, 0.3) is 10.0 Å². The van der Waals surface area contributed by atoms with Crippen LogP contribution < -0.4 is 10.5 Å². The van der Waals surface area contributed by atoms with E-state index >= 15 is 0 Å². The number of furan rings is 1. The highest BCUT2D eigenvalue weighted by atomic mass is 32.2. The summed E-state index contributed by atoms with van der Waals surface area (Å²) in [4.78, 5) is 10.2. The van der Waals surface area contributed by atoms with E-state index in [1.807, 2.05) is 0 Å². The summed E-state index contributed by atoms with van der Waals surface area (Å²) in [6.07, 6.45) is 0.589. The van der Waals surface area contributed by atoms with Crippen molar-refractivity contribution in [3.63, 3.8) is 0 Å². The fraction of sp³-hybridized carbons (Fsp3) is 0.444. The number of sulfonamides is 1. The molecular formula is C9H14N2O5S. The first kappa shape index (κ1) is 13.7. The van der Waals surface area contributed by atoms with Gasteiger partial charge in [-0.1, -0.05) is 0 Å². The lowest BCUT2D eigenvalue weighted by atomic mass is 10.3. The minimum atomic E-state index is -3.80.